The van der Waals surface area contributed by atoms with Gasteiger partial charge in [0.15, 0.2) is 5.78 Å². The second-order valence-electron chi connectivity index (χ2n) is 18.6. The van der Waals surface area contributed by atoms with Crippen LogP contribution in [-0.4, -0.2) is 63.5 Å². The van der Waals surface area contributed by atoms with Crippen molar-refractivity contribution >= 4 is 36.9 Å². The summed E-state index contributed by atoms with van der Waals surface area (Å²) in [5.41, 5.74) is 0. The van der Waals surface area contributed by atoms with Gasteiger partial charge in [-0.2, -0.15) is 0 Å². The summed E-state index contributed by atoms with van der Waals surface area (Å²) in [6, 6.07) is 0. The van der Waals surface area contributed by atoms with E-state index >= 15 is 0 Å². The van der Waals surface area contributed by atoms with E-state index in [0.717, 1.165) is 57.8 Å². The van der Waals surface area contributed by atoms with Gasteiger partial charge in [-0.3, -0.25) is 19.2 Å². The van der Waals surface area contributed by atoms with Crippen LogP contribution in [0.4, 0.5) is 0 Å². The Morgan fingerprint density at radius 2 is 1.08 bits per heavy atom. The number of rotatable bonds is 23. The van der Waals surface area contributed by atoms with Crippen LogP contribution in [0.1, 0.15) is 172 Å². The summed E-state index contributed by atoms with van der Waals surface area (Å²) < 4.78 is 20.7. The first-order valence-electron chi connectivity index (χ1n) is 23.7. The SMILES string of the molecule is CCC#CC[C@H](C)C(=O)/C=C/[C@@H]1[C@@H](CCCCCCC(=O)OC)[C@@H](C)C[C@H]1C.CCC#CC[C@H](C)C(=O)CP(C)(C)=O.COC(=O)CCCCCC[C@@H]1[C@@H](C=O)[C@H](C)C[C@@H]1C.[H-].[Na+]. The van der Waals surface area contributed by atoms with Crippen molar-refractivity contribution in [2.45, 2.75) is 171 Å². The molecule has 0 N–H and O–H groups in total. The summed E-state index contributed by atoms with van der Waals surface area (Å²) in [7, 11) is 0.670. The minimum atomic E-state index is -2.21. The van der Waals surface area contributed by atoms with Crippen LogP contribution in [0.3, 0.4) is 0 Å². The van der Waals surface area contributed by atoms with E-state index in [9.17, 15) is 28.5 Å². The Morgan fingerprint density at radius 3 is 1.50 bits per heavy atom. The third-order valence-corrected chi connectivity index (χ3v) is 13.7. The number of methoxy groups -OCH3 is 2. The fraction of sp³-hybridized carbons (Fsp3) is 0.788. The first-order chi connectivity index (χ1) is 28.9. The molecule has 0 saturated heterocycles. The van der Waals surface area contributed by atoms with Crippen LogP contribution in [0.2, 0.25) is 0 Å². The molecule has 62 heavy (non-hydrogen) atoms. The number of unbranched alkanes of at least 4 members (excludes halogenated alkanes) is 6. The quantitative estimate of drug-likeness (QED) is 0.0189. The van der Waals surface area contributed by atoms with Gasteiger partial charge >= 0.3 is 41.5 Å². The Morgan fingerprint density at radius 1 is 0.661 bits per heavy atom. The first kappa shape index (κ1) is 62.1. The third-order valence-electron chi connectivity index (χ3n) is 12.7. The Kier molecular flexibility index (Phi) is 36.4. The zero-order chi connectivity index (χ0) is 46.4. The fourth-order valence-electron chi connectivity index (χ4n) is 8.99. The van der Waals surface area contributed by atoms with Gasteiger partial charge in [0.25, 0.3) is 0 Å². The van der Waals surface area contributed by atoms with E-state index in [2.05, 4.69) is 66.9 Å². The molecule has 350 valence electrons. The number of hydrogen-bond acceptors (Lipinski definition) is 8. The number of hydrogen-bond donors (Lipinski definition) is 0. The Hall–Kier alpha value is -1.96. The molecule has 0 radical (unpaired) electrons. The number of carbonyl (C=O) groups is 5. The number of aldehydes is 1. The number of ether oxygens (including phenoxy) is 2. The van der Waals surface area contributed by atoms with Gasteiger partial charge in [-0.25, -0.2) is 0 Å². The largest absolute Gasteiger partial charge is 1.00 e. The third kappa shape index (κ3) is 28.1. The van der Waals surface area contributed by atoms with E-state index in [1.54, 1.807) is 13.3 Å². The van der Waals surface area contributed by atoms with Crippen molar-refractivity contribution in [3.8, 4) is 23.7 Å². The molecule has 2 saturated carbocycles. The number of allylic oxidation sites excluding steroid dienone is 2. The average molecular weight is 895 g/mol. The van der Waals surface area contributed by atoms with Crippen LogP contribution >= 0.6 is 7.14 Å². The Labute approximate surface area is 403 Å². The molecule has 2 aliphatic rings. The second kappa shape index (κ2) is 36.3. The van der Waals surface area contributed by atoms with Gasteiger partial charge in [-0.05, 0) is 99.4 Å². The molecule has 8 nitrogen and oxygen atoms in total. The van der Waals surface area contributed by atoms with Gasteiger partial charge in [0.1, 0.15) is 12.1 Å². The zero-order valence-corrected chi connectivity index (χ0v) is 44.5. The van der Waals surface area contributed by atoms with Gasteiger partial charge in [-0.15, -0.1) is 23.7 Å². The Balaban J connectivity index is -0.000000898. The number of carbonyl (C=O) groups excluding carboxylic acids is 5. The standard InChI is InChI=1S/C25H40O3.C16H28O3.C11H19O2P.Na.H/c1-6-7-10-13-19(2)24(26)17-16-23-21(4)18-20(3)22(23)14-11-8-9-12-15-25(27)28-5;1-12-10-13(2)15(11-17)14(12)8-6-4-5-7-9-16(18)19-3;1-5-6-7-8-10(2)11(12)9-14(3,4)13;;/h16-17,19-23H,6,8-9,11-15,18H2,1-5H3;11-15H,4-10H2,1-3H3;10H,5,8-9H2,1-4H3;;/q;;;+1;-1/b17-16+;;;;/t19-,20-,21+,22-,23-;12-,13+,14-,15-;10-;;/m000../s1. The smallest absolute Gasteiger partial charge is 1.00 e. The molecule has 0 bridgehead atoms. The second-order valence-corrected chi connectivity index (χ2v) is 22.1. The van der Waals surface area contributed by atoms with E-state index < -0.39 is 7.14 Å². The van der Waals surface area contributed by atoms with Gasteiger partial charge in [0.2, 0.25) is 0 Å². The van der Waals surface area contributed by atoms with Crippen LogP contribution in [-0.2, 0) is 38.0 Å². The zero-order valence-electron chi connectivity index (χ0n) is 42.7. The molecule has 10 heteroatoms. The van der Waals surface area contributed by atoms with E-state index in [1.807, 2.05) is 33.8 Å². The van der Waals surface area contributed by atoms with Gasteiger partial charge in [0, 0.05) is 56.3 Å². The molecule has 2 rings (SSSR count). The molecule has 2 fully saturated rings. The molecule has 0 aliphatic heterocycles. The van der Waals surface area contributed by atoms with Crippen LogP contribution in [0, 0.1) is 82.9 Å². The van der Waals surface area contributed by atoms with Gasteiger partial charge in [0.05, 0.1) is 27.5 Å². The molecule has 0 amide bonds. The van der Waals surface area contributed by atoms with Gasteiger partial charge in [-0.1, -0.05) is 100.0 Å². The number of Topliss-reactive ketones (excluding diaryl/α,β-unsaturated/α-hetero) is 1. The first-order valence-corrected chi connectivity index (χ1v) is 26.4. The molecule has 0 aromatic rings. The normalized spacial score (nSPS) is 23.6. The van der Waals surface area contributed by atoms with E-state index in [0.29, 0.717) is 67.1 Å². The van der Waals surface area contributed by atoms with Crippen molar-refractivity contribution in [2.75, 3.05) is 33.7 Å². The Bertz CT molecular complexity index is 1500. The van der Waals surface area contributed by atoms with Crippen molar-refractivity contribution in [2.24, 2.45) is 59.2 Å². The topological polar surface area (TPSA) is 121 Å². The fourth-order valence-corrected chi connectivity index (χ4v) is 10.0. The number of ketones is 2. The predicted molar refractivity (Wildman–Crippen MR) is 254 cm³/mol. The molecule has 0 aromatic heterocycles. The van der Waals surface area contributed by atoms with Crippen LogP contribution < -0.4 is 29.6 Å². The van der Waals surface area contributed by atoms with E-state index in [-0.39, 0.29) is 78.4 Å². The minimum Gasteiger partial charge on any atom is -1.00 e. The molecule has 2 aliphatic carbocycles. The summed E-state index contributed by atoms with van der Waals surface area (Å²) in [6.45, 7) is 20.3. The molecular weight excluding hydrogens is 807 g/mol. The molecule has 0 spiro atoms. The molecule has 10 atom stereocenters. The summed E-state index contributed by atoms with van der Waals surface area (Å²) in [6.07, 6.45) is 22.9. The maximum Gasteiger partial charge on any atom is 1.00 e. The maximum atomic E-state index is 12.4. The molecule has 0 heterocycles. The molecule has 0 aromatic carbocycles. The van der Waals surface area contributed by atoms with Crippen molar-refractivity contribution in [3.63, 3.8) is 0 Å². The van der Waals surface area contributed by atoms with Gasteiger partial charge < -0.3 is 20.3 Å². The van der Waals surface area contributed by atoms with Crippen LogP contribution in [0.15, 0.2) is 12.2 Å². The summed E-state index contributed by atoms with van der Waals surface area (Å²) in [4.78, 5) is 57.2. The number of esters is 2. The van der Waals surface area contributed by atoms with Crippen molar-refractivity contribution in [1.29, 1.82) is 0 Å². The van der Waals surface area contributed by atoms with Crippen molar-refractivity contribution in [3.05, 3.63) is 12.2 Å². The van der Waals surface area contributed by atoms with Crippen LogP contribution in [0.5, 0.6) is 0 Å². The summed E-state index contributed by atoms with van der Waals surface area (Å²) >= 11 is 0. The summed E-state index contributed by atoms with van der Waals surface area (Å²) in [5.74, 6) is 16.6. The van der Waals surface area contributed by atoms with Crippen LogP contribution in [0.25, 0.3) is 0 Å². The average Bonchev–Trinajstić information content (AvgIpc) is 3.65. The predicted octanol–water partition coefficient (Wildman–Crippen LogP) is 9.31. The monoisotopic (exact) mass is 895 g/mol. The summed E-state index contributed by atoms with van der Waals surface area (Å²) in [5, 5.41) is 0. The minimum absolute atomic E-state index is 0. The van der Waals surface area contributed by atoms with Crippen molar-refractivity contribution < 1.29 is 69.0 Å². The van der Waals surface area contributed by atoms with E-state index in [1.165, 1.54) is 52.6 Å². The van der Waals surface area contributed by atoms with Crippen molar-refractivity contribution in [1.82, 2.24) is 0 Å². The van der Waals surface area contributed by atoms with E-state index in [4.69, 9.17) is 0 Å². The maximum absolute atomic E-state index is 12.4. The molecule has 0 unspecified atom stereocenters. The molecular formula is C52H88NaO8P.